The largest absolute Gasteiger partial charge is 0.360 e. The van der Waals surface area contributed by atoms with Gasteiger partial charge in [0.15, 0.2) is 16.2 Å². The highest BCUT2D eigenvalue weighted by Crippen LogP contribution is 2.25. The Morgan fingerprint density at radius 2 is 1.68 bits per heavy atom. The summed E-state index contributed by atoms with van der Waals surface area (Å²) in [6.07, 6.45) is 3.07. The average molecular weight is 524 g/mol. The number of sulfonamides is 1. The minimum Gasteiger partial charge on any atom is -0.360 e. The van der Waals surface area contributed by atoms with Gasteiger partial charge in [0.1, 0.15) is 0 Å². The Bertz CT molecular complexity index is 1240. The molecule has 0 aromatic heterocycles. The molecule has 34 heavy (non-hydrogen) atoms. The van der Waals surface area contributed by atoms with E-state index in [1.807, 2.05) is 13.8 Å². The van der Waals surface area contributed by atoms with Crippen LogP contribution in [0.1, 0.15) is 44.4 Å². The average Bonchev–Trinajstić information content (AvgIpc) is 2.72. The first-order valence-electron chi connectivity index (χ1n) is 10.5. The summed E-state index contributed by atoms with van der Waals surface area (Å²) in [5.74, 6) is -1.17. The molecule has 1 amide bonds. The van der Waals surface area contributed by atoms with E-state index in [0.717, 1.165) is 5.56 Å². The van der Waals surface area contributed by atoms with Crippen molar-refractivity contribution in [3.8, 4) is 0 Å². The van der Waals surface area contributed by atoms with Crippen LogP contribution in [0, 0.1) is 12.8 Å². The fourth-order valence-electron chi connectivity index (χ4n) is 2.83. The molecule has 0 radical (unpaired) electrons. The predicted molar refractivity (Wildman–Crippen MR) is 140 cm³/mol. The molecule has 0 aliphatic heterocycles. The maximum absolute atomic E-state index is 13.1. The molecule has 1 unspecified atom stereocenters. The van der Waals surface area contributed by atoms with E-state index in [4.69, 9.17) is 12.2 Å². The summed E-state index contributed by atoms with van der Waals surface area (Å²) in [5, 5.41) is 6.27. The van der Waals surface area contributed by atoms with Crippen molar-refractivity contribution < 1.29 is 22.0 Å². The van der Waals surface area contributed by atoms with Crippen molar-refractivity contribution in [2.45, 2.75) is 50.5 Å². The standard InChI is InChI=1S/C23H29N3O5S3/c1-14(2)22(27)26-34(30,31)21-13-19(25-23(32)24-15(3)4)11-10-18(21)9-8-17-7-6-16(5)12-20(17)33(28)29/h6-15H,1-5H3,(H,26,27)(H,28,29)(H2,24,25,32)/b9-8+. The molecule has 0 aliphatic carbocycles. The van der Waals surface area contributed by atoms with Crippen LogP contribution in [0.5, 0.6) is 0 Å². The molecule has 0 saturated heterocycles. The molecular weight excluding hydrogens is 494 g/mol. The van der Waals surface area contributed by atoms with Gasteiger partial charge in [-0.25, -0.2) is 17.3 Å². The maximum Gasteiger partial charge on any atom is 0.264 e. The normalized spacial score (nSPS) is 12.7. The fourth-order valence-corrected chi connectivity index (χ4v) is 5.14. The lowest BCUT2D eigenvalue weighted by Crippen LogP contribution is -2.35. The number of hydrogen-bond donors (Lipinski definition) is 4. The van der Waals surface area contributed by atoms with Gasteiger partial charge < -0.3 is 15.2 Å². The number of aryl methyl sites for hydroxylation is 1. The summed E-state index contributed by atoms with van der Waals surface area (Å²) < 4.78 is 49.6. The number of hydrogen-bond acceptors (Lipinski definition) is 5. The summed E-state index contributed by atoms with van der Waals surface area (Å²) in [6, 6.07) is 9.72. The summed E-state index contributed by atoms with van der Waals surface area (Å²) in [6.45, 7) is 8.81. The molecule has 11 heteroatoms. The Morgan fingerprint density at radius 3 is 2.26 bits per heavy atom. The quantitative estimate of drug-likeness (QED) is 0.233. The maximum atomic E-state index is 13.1. The lowest BCUT2D eigenvalue weighted by atomic mass is 10.1. The van der Waals surface area contributed by atoms with Crippen LogP contribution >= 0.6 is 12.2 Å². The van der Waals surface area contributed by atoms with Gasteiger partial charge in [0.05, 0.1) is 9.79 Å². The van der Waals surface area contributed by atoms with Crippen molar-refractivity contribution in [1.29, 1.82) is 0 Å². The van der Waals surface area contributed by atoms with E-state index in [2.05, 4.69) is 15.4 Å². The van der Waals surface area contributed by atoms with E-state index in [9.17, 15) is 22.0 Å². The van der Waals surface area contributed by atoms with E-state index < -0.39 is 32.9 Å². The highest BCUT2D eigenvalue weighted by Gasteiger charge is 2.23. The zero-order valence-electron chi connectivity index (χ0n) is 19.6. The van der Waals surface area contributed by atoms with Gasteiger partial charge in [0.2, 0.25) is 5.91 Å². The van der Waals surface area contributed by atoms with Gasteiger partial charge in [-0.1, -0.05) is 44.2 Å². The van der Waals surface area contributed by atoms with Crippen LogP contribution in [-0.2, 0) is 25.9 Å². The SMILES string of the molecule is Cc1ccc(/C=C/c2ccc(NC(=S)NC(C)C)cc2S(=O)(=O)NC(=O)C(C)C)c(S(=O)O)c1. The molecule has 0 saturated carbocycles. The number of carbonyl (C=O) groups excluding carboxylic acids is 1. The molecule has 184 valence electrons. The fraction of sp³-hybridized carbons (Fsp3) is 0.304. The Morgan fingerprint density at radius 1 is 1.06 bits per heavy atom. The minimum atomic E-state index is -4.22. The zero-order valence-corrected chi connectivity index (χ0v) is 22.0. The Kier molecular flexibility index (Phi) is 9.51. The molecule has 0 heterocycles. The summed E-state index contributed by atoms with van der Waals surface area (Å²) >= 11 is 3.02. The predicted octanol–water partition coefficient (Wildman–Crippen LogP) is 3.90. The van der Waals surface area contributed by atoms with Crippen LogP contribution in [-0.4, -0.2) is 34.2 Å². The van der Waals surface area contributed by atoms with Gasteiger partial charge in [-0.05, 0) is 67.9 Å². The van der Waals surface area contributed by atoms with Crippen molar-refractivity contribution in [3.63, 3.8) is 0 Å². The molecule has 2 aromatic carbocycles. The molecule has 2 rings (SSSR count). The van der Waals surface area contributed by atoms with Crippen molar-refractivity contribution in [2.75, 3.05) is 5.32 Å². The lowest BCUT2D eigenvalue weighted by molar-refractivity contribution is -0.122. The van der Waals surface area contributed by atoms with Crippen molar-refractivity contribution in [3.05, 3.63) is 53.1 Å². The van der Waals surface area contributed by atoms with Crippen LogP contribution in [0.3, 0.4) is 0 Å². The molecule has 0 spiro atoms. The van der Waals surface area contributed by atoms with Crippen molar-refractivity contribution >= 4 is 62.2 Å². The van der Waals surface area contributed by atoms with Crippen LogP contribution in [0.4, 0.5) is 5.69 Å². The van der Waals surface area contributed by atoms with Crippen LogP contribution in [0.2, 0.25) is 0 Å². The Labute approximate surface area is 208 Å². The Balaban J connectivity index is 2.54. The molecule has 8 nitrogen and oxygen atoms in total. The number of benzene rings is 2. The van der Waals surface area contributed by atoms with Crippen LogP contribution < -0.4 is 15.4 Å². The number of amides is 1. The highest BCUT2D eigenvalue weighted by molar-refractivity contribution is 7.90. The second-order valence-electron chi connectivity index (χ2n) is 8.25. The summed E-state index contributed by atoms with van der Waals surface area (Å²) in [4.78, 5) is 12.2. The molecule has 0 bridgehead atoms. The molecule has 2 aromatic rings. The molecule has 0 fully saturated rings. The third kappa shape index (κ3) is 7.73. The minimum absolute atomic E-state index is 0.0801. The number of rotatable bonds is 8. The second-order valence-corrected chi connectivity index (χ2v) is 11.3. The topological polar surface area (TPSA) is 125 Å². The van der Waals surface area contributed by atoms with E-state index in [-0.39, 0.29) is 21.4 Å². The van der Waals surface area contributed by atoms with Gasteiger partial charge in [0.25, 0.3) is 10.0 Å². The lowest BCUT2D eigenvalue weighted by Gasteiger charge is -2.16. The smallest absolute Gasteiger partial charge is 0.264 e. The second kappa shape index (κ2) is 11.7. The van der Waals surface area contributed by atoms with Crippen LogP contribution in [0.15, 0.2) is 46.2 Å². The monoisotopic (exact) mass is 523 g/mol. The highest BCUT2D eigenvalue weighted by atomic mass is 32.2. The molecule has 4 N–H and O–H groups in total. The first-order valence-corrected chi connectivity index (χ1v) is 13.5. The van der Waals surface area contributed by atoms with E-state index in [0.29, 0.717) is 16.4 Å². The first-order chi connectivity index (χ1) is 15.8. The van der Waals surface area contributed by atoms with Gasteiger partial charge in [-0.3, -0.25) is 4.79 Å². The van der Waals surface area contributed by atoms with E-state index in [1.165, 1.54) is 12.1 Å². The zero-order chi connectivity index (χ0) is 25.6. The molecule has 0 aliphatic rings. The van der Waals surface area contributed by atoms with Crippen molar-refractivity contribution in [2.24, 2.45) is 5.92 Å². The molecule has 1 atom stereocenters. The number of nitrogens with one attached hydrogen (secondary N) is 3. The molecular formula is C23H29N3O5S3. The van der Waals surface area contributed by atoms with E-state index in [1.54, 1.807) is 57.2 Å². The number of thiocarbonyl (C=S) groups is 1. The third-order valence-corrected chi connectivity index (χ3v) is 6.89. The van der Waals surface area contributed by atoms with Crippen molar-refractivity contribution in [1.82, 2.24) is 10.0 Å². The van der Waals surface area contributed by atoms with Gasteiger partial charge >= 0.3 is 0 Å². The number of anilines is 1. The third-order valence-electron chi connectivity index (χ3n) is 4.54. The van der Waals surface area contributed by atoms with Gasteiger partial charge in [-0.15, -0.1) is 0 Å². The van der Waals surface area contributed by atoms with E-state index >= 15 is 0 Å². The summed E-state index contributed by atoms with van der Waals surface area (Å²) in [7, 11) is -4.22. The first kappa shape index (κ1) is 27.6. The van der Waals surface area contributed by atoms with Gasteiger partial charge in [-0.2, -0.15) is 0 Å². The van der Waals surface area contributed by atoms with Crippen LogP contribution in [0.25, 0.3) is 12.2 Å². The Hall–Kier alpha value is -2.60. The summed E-state index contributed by atoms with van der Waals surface area (Å²) in [5.41, 5.74) is 1.98. The van der Waals surface area contributed by atoms with Gasteiger partial charge in [0, 0.05) is 17.6 Å². The number of carbonyl (C=O) groups is 1.